The van der Waals surface area contributed by atoms with Gasteiger partial charge in [0.05, 0.1) is 26.9 Å². The molecule has 0 saturated carbocycles. The van der Waals surface area contributed by atoms with Crippen LogP contribution in [0.25, 0.3) is 0 Å². The predicted molar refractivity (Wildman–Crippen MR) is 110 cm³/mol. The molecule has 29 heavy (non-hydrogen) atoms. The molecule has 0 amide bonds. The summed E-state index contributed by atoms with van der Waals surface area (Å²) >= 11 is 0. The zero-order valence-corrected chi connectivity index (χ0v) is 20.0. The lowest BCUT2D eigenvalue weighted by atomic mass is 10.4. The number of rotatable bonds is 6. The van der Waals surface area contributed by atoms with Gasteiger partial charge < -0.3 is 24.2 Å². The number of hydrogen-bond acceptors (Lipinski definition) is 8. The van der Waals surface area contributed by atoms with E-state index in [0.717, 1.165) is 7.11 Å². The molecule has 1 aliphatic heterocycles. The number of ether oxygens (including phenoxy) is 2. The summed E-state index contributed by atoms with van der Waals surface area (Å²) in [4.78, 5) is 34.4. The van der Waals surface area contributed by atoms with Crippen molar-refractivity contribution in [3.05, 3.63) is 24.8 Å². The number of esters is 1. The average molecular weight is 466 g/mol. The molecule has 0 aromatic heterocycles. The molecule has 0 aliphatic carbocycles. The number of methoxy groups -OCH3 is 1. The lowest BCUT2D eigenvalue weighted by Gasteiger charge is -2.05. The van der Waals surface area contributed by atoms with Crippen LogP contribution in [-0.2, 0) is 37.0 Å². The van der Waals surface area contributed by atoms with Crippen molar-refractivity contribution in [2.75, 3.05) is 34.0 Å². The molecular weight excluding hydrogens is 430 g/mol. The molecule has 13 heteroatoms. The molecule has 0 spiro atoms. The predicted octanol–water partition coefficient (Wildman–Crippen LogP) is 3.22. The Hall–Kier alpha value is -0.870. The molecule has 176 valence electrons. The lowest BCUT2D eigenvalue weighted by Crippen LogP contribution is -2.17. The molecule has 1 heterocycles. The van der Waals surface area contributed by atoms with Gasteiger partial charge in [0.1, 0.15) is 6.10 Å². The van der Waals surface area contributed by atoms with Gasteiger partial charge in [-0.3, -0.25) is 13.6 Å². The smallest absolute Gasteiger partial charge is 0.466 e. The second-order valence-corrected chi connectivity index (χ2v) is 7.02. The number of phosphoric ester groups is 2. The monoisotopic (exact) mass is 466 g/mol. The minimum Gasteiger partial charge on any atom is -0.466 e. The third-order valence-electron chi connectivity index (χ3n) is 2.02. The van der Waals surface area contributed by atoms with Gasteiger partial charge in [-0.25, -0.2) is 13.9 Å². The first-order valence-electron chi connectivity index (χ1n) is 8.58. The van der Waals surface area contributed by atoms with E-state index in [1.807, 2.05) is 27.7 Å². The maximum absolute atomic E-state index is 10.7. The fourth-order valence-electron chi connectivity index (χ4n) is 0.962. The van der Waals surface area contributed by atoms with Crippen molar-refractivity contribution in [3.8, 4) is 0 Å². The molecule has 2 unspecified atom stereocenters. The summed E-state index contributed by atoms with van der Waals surface area (Å²) in [5.41, 5.74) is 0.433. The van der Waals surface area contributed by atoms with E-state index in [9.17, 15) is 13.9 Å². The van der Waals surface area contributed by atoms with Gasteiger partial charge in [0, 0.05) is 12.7 Å². The van der Waals surface area contributed by atoms with Crippen molar-refractivity contribution < 1.29 is 51.6 Å². The standard InChI is InChI=1S/C6H11O5P.C5H8O2.2C2H6.CH5O4P/c1-2-3-9-4-6-5-10-12(7,8)11-6;1-4(2)5(6)7-3;2*1-2;1-5-6(2,3)4/h2,6H,1,3-5H2,(H,7,8);1H2,2-3H3;2*1-2H3;1H3,(H2,2,3,4). The van der Waals surface area contributed by atoms with E-state index >= 15 is 0 Å². The highest BCUT2D eigenvalue weighted by Gasteiger charge is 2.35. The number of phosphoric acid groups is 2. The van der Waals surface area contributed by atoms with E-state index in [1.165, 1.54) is 7.11 Å². The Kier molecular flexibility index (Phi) is 26.8. The van der Waals surface area contributed by atoms with E-state index < -0.39 is 21.7 Å². The second-order valence-electron chi connectivity index (χ2n) is 4.26. The Morgan fingerprint density at radius 2 is 1.72 bits per heavy atom. The van der Waals surface area contributed by atoms with Crippen molar-refractivity contribution in [2.45, 2.75) is 40.7 Å². The maximum atomic E-state index is 10.7. The molecule has 0 aromatic rings. The summed E-state index contributed by atoms with van der Waals surface area (Å²) in [7, 11) is -5.62. The fraction of sp³-hybridized carbons (Fsp3) is 0.688. The molecule has 1 fully saturated rings. The highest BCUT2D eigenvalue weighted by molar-refractivity contribution is 7.47. The van der Waals surface area contributed by atoms with Gasteiger partial charge in [-0.15, -0.1) is 6.58 Å². The normalized spacial score (nSPS) is 19.3. The third kappa shape index (κ3) is 29.4. The highest BCUT2D eigenvalue weighted by Crippen LogP contribution is 2.49. The first-order chi connectivity index (χ1) is 13.4. The van der Waals surface area contributed by atoms with Gasteiger partial charge in [-0.1, -0.05) is 40.3 Å². The van der Waals surface area contributed by atoms with Crippen LogP contribution in [0, 0.1) is 0 Å². The zero-order valence-electron chi connectivity index (χ0n) is 18.2. The molecule has 3 N–H and O–H groups in total. The van der Waals surface area contributed by atoms with Gasteiger partial charge in [0.2, 0.25) is 0 Å². The summed E-state index contributed by atoms with van der Waals surface area (Å²) in [6, 6.07) is 0. The summed E-state index contributed by atoms with van der Waals surface area (Å²) in [5, 5.41) is 0. The largest absolute Gasteiger partial charge is 0.472 e. The third-order valence-corrected chi connectivity index (χ3v) is 3.53. The Morgan fingerprint density at radius 3 is 1.93 bits per heavy atom. The Bertz CT molecular complexity index is 517. The number of carbonyl (C=O) groups is 1. The highest BCUT2D eigenvalue weighted by atomic mass is 31.2. The fourth-order valence-corrected chi connectivity index (χ4v) is 1.88. The maximum Gasteiger partial charge on any atom is 0.472 e. The van der Waals surface area contributed by atoms with Crippen LogP contribution in [-0.4, -0.2) is 60.8 Å². The topological polar surface area (TPSA) is 158 Å². The molecular formula is C16H36O11P2. The van der Waals surface area contributed by atoms with Crippen molar-refractivity contribution in [3.63, 3.8) is 0 Å². The molecule has 0 aromatic carbocycles. The van der Waals surface area contributed by atoms with Crippen molar-refractivity contribution in [2.24, 2.45) is 0 Å². The Morgan fingerprint density at radius 1 is 1.28 bits per heavy atom. The van der Waals surface area contributed by atoms with E-state index in [-0.39, 0.29) is 19.2 Å². The summed E-state index contributed by atoms with van der Waals surface area (Å²) in [6.45, 7) is 17.2. The molecule has 11 nitrogen and oxygen atoms in total. The van der Waals surface area contributed by atoms with Crippen LogP contribution in [0.2, 0.25) is 0 Å². The Balaban J connectivity index is -0.000000159. The molecule has 1 rings (SSSR count). The quantitative estimate of drug-likeness (QED) is 0.173. The van der Waals surface area contributed by atoms with E-state index in [2.05, 4.69) is 31.5 Å². The van der Waals surface area contributed by atoms with Crippen molar-refractivity contribution in [1.82, 2.24) is 0 Å². The van der Waals surface area contributed by atoms with Crippen molar-refractivity contribution in [1.29, 1.82) is 0 Å². The van der Waals surface area contributed by atoms with E-state index in [1.54, 1.807) is 13.0 Å². The van der Waals surface area contributed by atoms with Crippen molar-refractivity contribution >= 4 is 21.6 Å². The van der Waals surface area contributed by atoms with Crippen LogP contribution in [0.3, 0.4) is 0 Å². The van der Waals surface area contributed by atoms with Crippen LogP contribution in [0.1, 0.15) is 34.6 Å². The van der Waals surface area contributed by atoms with Gasteiger partial charge in [0.25, 0.3) is 0 Å². The average Bonchev–Trinajstić information content (AvgIpc) is 3.03. The molecule has 1 aliphatic rings. The summed E-state index contributed by atoms with van der Waals surface area (Å²) in [6.07, 6.45) is 1.15. The van der Waals surface area contributed by atoms with E-state index in [0.29, 0.717) is 12.2 Å². The van der Waals surface area contributed by atoms with Gasteiger partial charge in [-0.05, 0) is 6.92 Å². The van der Waals surface area contributed by atoms with Crippen LogP contribution >= 0.6 is 15.6 Å². The van der Waals surface area contributed by atoms with Gasteiger partial charge in [0.15, 0.2) is 0 Å². The van der Waals surface area contributed by atoms with Crippen LogP contribution in [0.4, 0.5) is 0 Å². The second kappa shape index (κ2) is 21.8. The molecule has 2 atom stereocenters. The first kappa shape index (κ1) is 35.6. The molecule has 0 bridgehead atoms. The minimum absolute atomic E-state index is 0.102. The van der Waals surface area contributed by atoms with Gasteiger partial charge in [-0.2, -0.15) is 0 Å². The molecule has 0 radical (unpaired) electrons. The SMILES string of the molecule is C=C(C)C(=O)OC.C=CCOCC1COP(=O)(O)O1.CC.CC.COP(=O)(O)O. The minimum atomic E-state index is -4.15. The van der Waals surface area contributed by atoms with Crippen LogP contribution < -0.4 is 0 Å². The lowest BCUT2D eigenvalue weighted by molar-refractivity contribution is -0.136. The van der Waals surface area contributed by atoms with Gasteiger partial charge >= 0.3 is 21.6 Å². The summed E-state index contributed by atoms with van der Waals surface area (Å²) < 4.78 is 42.1. The summed E-state index contributed by atoms with van der Waals surface area (Å²) in [5.74, 6) is -0.347. The zero-order chi connectivity index (χ0) is 24.1. The number of hydrogen-bond donors (Lipinski definition) is 3. The molecule has 1 saturated heterocycles. The van der Waals surface area contributed by atoms with E-state index in [4.69, 9.17) is 19.4 Å². The Labute approximate surface area is 173 Å². The first-order valence-corrected chi connectivity index (χ1v) is 11.6. The number of carbonyl (C=O) groups excluding carboxylic acids is 1. The van der Waals surface area contributed by atoms with Crippen LogP contribution in [0.5, 0.6) is 0 Å². The van der Waals surface area contributed by atoms with Crippen LogP contribution in [0.15, 0.2) is 24.8 Å².